The molecular weight excluding hydrogens is 200 g/mol. The summed E-state index contributed by atoms with van der Waals surface area (Å²) < 4.78 is 0. The third kappa shape index (κ3) is 2.40. The monoisotopic (exact) mass is 216 g/mol. The smallest absolute Gasteiger partial charge is 0.335 e. The standard InChI is InChI=1S/C12H10O2.C2H6/c1-8-6-9-4-2-3-5-10(9)7-11(8)12(13)14;1-2/h2-7H,1H3,(H,13,14);1-2H3. The number of rotatable bonds is 1. The molecule has 0 atom stereocenters. The Kier molecular flexibility index (Phi) is 4.06. The van der Waals surface area contributed by atoms with Crippen LogP contribution in [0.5, 0.6) is 0 Å². The van der Waals surface area contributed by atoms with Crippen molar-refractivity contribution in [3.63, 3.8) is 0 Å². The van der Waals surface area contributed by atoms with E-state index in [9.17, 15) is 4.79 Å². The van der Waals surface area contributed by atoms with E-state index < -0.39 is 5.97 Å². The zero-order chi connectivity index (χ0) is 12.1. The van der Waals surface area contributed by atoms with Crippen LogP contribution in [0.2, 0.25) is 0 Å². The molecule has 0 radical (unpaired) electrons. The molecule has 16 heavy (non-hydrogen) atoms. The minimum Gasteiger partial charge on any atom is -0.478 e. The Balaban J connectivity index is 0.000000606. The molecule has 0 heterocycles. The van der Waals surface area contributed by atoms with Gasteiger partial charge in [0.15, 0.2) is 0 Å². The maximum atomic E-state index is 10.9. The Labute approximate surface area is 95.5 Å². The van der Waals surface area contributed by atoms with Crippen LogP contribution >= 0.6 is 0 Å². The summed E-state index contributed by atoms with van der Waals surface area (Å²) >= 11 is 0. The van der Waals surface area contributed by atoms with Gasteiger partial charge in [-0.05, 0) is 29.3 Å². The summed E-state index contributed by atoms with van der Waals surface area (Å²) in [5.74, 6) is -0.867. The molecule has 2 rings (SSSR count). The SMILES string of the molecule is CC.Cc1cc2ccccc2cc1C(=O)O. The highest BCUT2D eigenvalue weighted by Gasteiger charge is 2.07. The fraction of sp³-hybridized carbons (Fsp3) is 0.214. The van der Waals surface area contributed by atoms with Crippen LogP contribution in [-0.2, 0) is 0 Å². The maximum Gasteiger partial charge on any atom is 0.335 e. The Bertz CT molecular complexity index is 501. The number of carbonyl (C=O) groups is 1. The first-order valence-corrected chi connectivity index (χ1v) is 5.41. The van der Waals surface area contributed by atoms with Gasteiger partial charge in [0.05, 0.1) is 5.56 Å². The molecule has 0 aromatic heterocycles. The van der Waals surface area contributed by atoms with E-state index in [1.54, 1.807) is 6.07 Å². The summed E-state index contributed by atoms with van der Waals surface area (Å²) in [6.07, 6.45) is 0. The van der Waals surface area contributed by atoms with E-state index in [4.69, 9.17) is 5.11 Å². The summed E-state index contributed by atoms with van der Waals surface area (Å²) in [5, 5.41) is 11.0. The highest BCUT2D eigenvalue weighted by atomic mass is 16.4. The van der Waals surface area contributed by atoms with Crippen LogP contribution in [-0.4, -0.2) is 11.1 Å². The summed E-state index contributed by atoms with van der Waals surface area (Å²) in [5.41, 5.74) is 1.18. The molecule has 0 saturated heterocycles. The van der Waals surface area contributed by atoms with Crippen LogP contribution in [0.15, 0.2) is 36.4 Å². The predicted molar refractivity (Wildman–Crippen MR) is 67.0 cm³/mol. The first-order chi connectivity index (χ1) is 7.68. The molecule has 0 aliphatic carbocycles. The van der Waals surface area contributed by atoms with Crippen molar-refractivity contribution in [2.24, 2.45) is 0 Å². The molecule has 1 N–H and O–H groups in total. The lowest BCUT2D eigenvalue weighted by Gasteiger charge is -2.03. The van der Waals surface area contributed by atoms with Crippen molar-refractivity contribution in [3.8, 4) is 0 Å². The van der Waals surface area contributed by atoms with Gasteiger partial charge >= 0.3 is 5.97 Å². The first kappa shape index (κ1) is 12.2. The number of benzene rings is 2. The quantitative estimate of drug-likeness (QED) is 0.785. The molecule has 2 heteroatoms. The van der Waals surface area contributed by atoms with E-state index in [0.29, 0.717) is 5.56 Å². The highest BCUT2D eigenvalue weighted by molar-refractivity contribution is 5.96. The van der Waals surface area contributed by atoms with Crippen molar-refractivity contribution >= 4 is 16.7 Å². The second kappa shape index (κ2) is 5.31. The maximum absolute atomic E-state index is 10.9. The lowest BCUT2D eigenvalue weighted by molar-refractivity contribution is 0.0696. The van der Waals surface area contributed by atoms with Crippen molar-refractivity contribution in [2.45, 2.75) is 20.8 Å². The fourth-order valence-corrected chi connectivity index (χ4v) is 1.58. The lowest BCUT2D eigenvalue weighted by atomic mass is 10.0. The van der Waals surface area contributed by atoms with Gasteiger partial charge in [-0.3, -0.25) is 0 Å². The Morgan fingerprint density at radius 3 is 2.06 bits per heavy atom. The number of fused-ring (bicyclic) bond motifs is 1. The number of aromatic carboxylic acids is 1. The van der Waals surface area contributed by atoms with Crippen LogP contribution in [0.1, 0.15) is 29.8 Å². The van der Waals surface area contributed by atoms with Crippen LogP contribution in [0.4, 0.5) is 0 Å². The molecule has 0 spiro atoms. The minimum atomic E-state index is -0.867. The number of hydrogen-bond donors (Lipinski definition) is 1. The molecule has 2 aromatic rings. The third-order valence-electron chi connectivity index (χ3n) is 2.32. The molecule has 2 nitrogen and oxygen atoms in total. The van der Waals surface area contributed by atoms with E-state index in [-0.39, 0.29) is 0 Å². The topological polar surface area (TPSA) is 37.3 Å². The highest BCUT2D eigenvalue weighted by Crippen LogP contribution is 2.19. The second-order valence-corrected chi connectivity index (χ2v) is 3.32. The van der Waals surface area contributed by atoms with Crippen LogP contribution < -0.4 is 0 Å². The molecular formula is C14H16O2. The number of carboxylic acids is 1. The Morgan fingerprint density at radius 1 is 1.06 bits per heavy atom. The molecule has 0 aliphatic heterocycles. The van der Waals surface area contributed by atoms with Gasteiger partial charge in [-0.25, -0.2) is 4.79 Å². The van der Waals surface area contributed by atoms with Crippen LogP contribution in [0, 0.1) is 6.92 Å². The molecule has 0 unspecified atom stereocenters. The summed E-state index contributed by atoms with van der Waals surface area (Å²) in [4.78, 5) is 10.9. The van der Waals surface area contributed by atoms with E-state index in [2.05, 4.69) is 0 Å². The van der Waals surface area contributed by atoms with Crippen molar-refractivity contribution in [2.75, 3.05) is 0 Å². The van der Waals surface area contributed by atoms with Gasteiger partial charge in [0.1, 0.15) is 0 Å². The lowest BCUT2D eigenvalue weighted by Crippen LogP contribution is -1.99. The number of hydrogen-bond acceptors (Lipinski definition) is 1. The van der Waals surface area contributed by atoms with Crippen LogP contribution in [0.3, 0.4) is 0 Å². The fourth-order valence-electron chi connectivity index (χ4n) is 1.58. The second-order valence-electron chi connectivity index (χ2n) is 3.32. The van der Waals surface area contributed by atoms with Gasteiger partial charge < -0.3 is 5.11 Å². The van der Waals surface area contributed by atoms with Crippen molar-refractivity contribution < 1.29 is 9.90 Å². The van der Waals surface area contributed by atoms with Crippen molar-refractivity contribution in [1.29, 1.82) is 0 Å². The first-order valence-electron chi connectivity index (χ1n) is 5.41. The number of aryl methyl sites for hydroxylation is 1. The normalized spacial score (nSPS) is 9.44. The summed E-state index contributed by atoms with van der Waals surface area (Å²) in [6.45, 7) is 5.82. The largest absolute Gasteiger partial charge is 0.478 e. The Morgan fingerprint density at radius 2 is 1.56 bits per heavy atom. The summed E-state index contributed by atoms with van der Waals surface area (Å²) in [6, 6.07) is 11.4. The van der Waals surface area contributed by atoms with Crippen LogP contribution in [0.25, 0.3) is 10.8 Å². The van der Waals surface area contributed by atoms with Gasteiger partial charge in [-0.2, -0.15) is 0 Å². The van der Waals surface area contributed by atoms with E-state index in [0.717, 1.165) is 16.3 Å². The molecule has 0 aliphatic rings. The van der Waals surface area contributed by atoms with Gasteiger partial charge in [-0.15, -0.1) is 0 Å². The average molecular weight is 216 g/mol. The molecule has 0 amide bonds. The predicted octanol–water partition coefficient (Wildman–Crippen LogP) is 3.87. The molecule has 84 valence electrons. The van der Waals surface area contributed by atoms with Gasteiger partial charge in [0, 0.05) is 0 Å². The molecule has 0 bridgehead atoms. The molecule has 0 fully saturated rings. The van der Waals surface area contributed by atoms with Gasteiger partial charge in [-0.1, -0.05) is 44.2 Å². The minimum absolute atomic E-state index is 0.378. The average Bonchev–Trinajstić information content (AvgIpc) is 2.30. The third-order valence-corrected chi connectivity index (χ3v) is 2.32. The number of carboxylic acid groups (broad SMARTS) is 1. The van der Waals surface area contributed by atoms with Crippen molar-refractivity contribution in [3.05, 3.63) is 47.5 Å². The molecule has 0 saturated carbocycles. The van der Waals surface area contributed by atoms with Gasteiger partial charge in [0.25, 0.3) is 0 Å². The van der Waals surface area contributed by atoms with Crippen molar-refractivity contribution in [1.82, 2.24) is 0 Å². The Hall–Kier alpha value is -1.83. The van der Waals surface area contributed by atoms with E-state index in [1.165, 1.54) is 0 Å². The van der Waals surface area contributed by atoms with E-state index >= 15 is 0 Å². The van der Waals surface area contributed by atoms with Gasteiger partial charge in [0.2, 0.25) is 0 Å². The molecule has 2 aromatic carbocycles. The zero-order valence-electron chi connectivity index (χ0n) is 9.82. The van der Waals surface area contributed by atoms with E-state index in [1.807, 2.05) is 51.1 Å². The zero-order valence-corrected chi connectivity index (χ0v) is 9.82. The summed E-state index contributed by atoms with van der Waals surface area (Å²) in [7, 11) is 0.